The maximum Gasteiger partial charge on any atom is 0.246 e. The van der Waals surface area contributed by atoms with Crippen molar-refractivity contribution in [2.75, 3.05) is 26.7 Å². The number of hydrogen-bond acceptors (Lipinski definition) is 7. The quantitative estimate of drug-likeness (QED) is 0.847. The Morgan fingerprint density at radius 1 is 1.48 bits per heavy atom. The first-order valence-corrected chi connectivity index (χ1v) is 8.53. The van der Waals surface area contributed by atoms with Gasteiger partial charge in [-0.25, -0.2) is 4.98 Å². The van der Waals surface area contributed by atoms with Crippen molar-refractivity contribution in [2.24, 2.45) is 5.92 Å². The number of carbonyl (C=O) groups is 1. The second kappa shape index (κ2) is 8.06. The number of ether oxygens (including phenoxy) is 1. The lowest BCUT2D eigenvalue weighted by atomic mass is 9.98. The second-order valence-corrected chi connectivity index (χ2v) is 6.15. The zero-order valence-electron chi connectivity index (χ0n) is 14.6. The summed E-state index contributed by atoms with van der Waals surface area (Å²) in [6, 6.07) is 3.58. The summed E-state index contributed by atoms with van der Waals surface area (Å²) in [4.78, 5) is 22.9. The Morgan fingerprint density at radius 2 is 2.36 bits per heavy atom. The lowest BCUT2D eigenvalue weighted by molar-refractivity contribution is -0.126. The first kappa shape index (κ1) is 17.3. The average Bonchev–Trinajstić information content (AvgIpc) is 3.09. The molecular formula is C17H23N5O3. The van der Waals surface area contributed by atoms with Crippen LogP contribution in [0.25, 0.3) is 11.4 Å². The van der Waals surface area contributed by atoms with Gasteiger partial charge in [-0.2, -0.15) is 4.98 Å². The number of likely N-dealkylation sites (tertiary alicyclic amines) is 1. The highest BCUT2D eigenvalue weighted by Gasteiger charge is 2.24. The molecule has 1 saturated heterocycles. The highest BCUT2D eigenvalue weighted by atomic mass is 16.5. The largest absolute Gasteiger partial charge is 0.478 e. The molecule has 134 valence electrons. The van der Waals surface area contributed by atoms with E-state index in [1.165, 1.54) is 0 Å². The van der Waals surface area contributed by atoms with E-state index in [0.29, 0.717) is 24.2 Å². The van der Waals surface area contributed by atoms with Gasteiger partial charge in [0.05, 0.1) is 19.1 Å². The summed E-state index contributed by atoms with van der Waals surface area (Å²) in [5.41, 5.74) is 0.735. The first-order valence-electron chi connectivity index (χ1n) is 8.53. The van der Waals surface area contributed by atoms with Crippen molar-refractivity contribution in [3.05, 3.63) is 24.2 Å². The Morgan fingerprint density at radius 3 is 3.08 bits per heavy atom. The Kier molecular flexibility index (Phi) is 5.60. The molecule has 2 aromatic heterocycles. The molecule has 25 heavy (non-hydrogen) atoms. The summed E-state index contributed by atoms with van der Waals surface area (Å²) in [5.74, 6) is 1.43. The van der Waals surface area contributed by atoms with E-state index in [9.17, 15) is 4.79 Å². The third-order valence-corrected chi connectivity index (χ3v) is 4.16. The van der Waals surface area contributed by atoms with Crippen molar-refractivity contribution in [1.29, 1.82) is 0 Å². The highest BCUT2D eigenvalue weighted by Crippen LogP contribution is 2.18. The molecule has 1 fully saturated rings. The van der Waals surface area contributed by atoms with Crippen LogP contribution in [0.2, 0.25) is 0 Å². The molecule has 0 spiro atoms. The SMILES string of the molecule is CCOc1ccc(-c2noc(CNC(=O)[C@@H]3CCCN(C)C3)n2)cn1. The van der Waals surface area contributed by atoms with Gasteiger partial charge in [0, 0.05) is 24.4 Å². The monoisotopic (exact) mass is 345 g/mol. The molecule has 0 aliphatic carbocycles. The molecule has 3 heterocycles. The molecule has 1 aliphatic rings. The van der Waals surface area contributed by atoms with E-state index < -0.39 is 0 Å². The van der Waals surface area contributed by atoms with E-state index in [1.54, 1.807) is 12.3 Å². The van der Waals surface area contributed by atoms with Crippen LogP contribution in [0.15, 0.2) is 22.9 Å². The van der Waals surface area contributed by atoms with Gasteiger partial charge in [0.15, 0.2) is 0 Å². The zero-order valence-corrected chi connectivity index (χ0v) is 14.6. The summed E-state index contributed by atoms with van der Waals surface area (Å²) in [6.07, 6.45) is 3.60. The molecule has 0 unspecified atom stereocenters. The van der Waals surface area contributed by atoms with Crippen molar-refractivity contribution in [3.8, 4) is 17.3 Å². The number of hydrogen-bond donors (Lipinski definition) is 1. The van der Waals surface area contributed by atoms with Crippen molar-refractivity contribution in [2.45, 2.75) is 26.3 Å². The number of carbonyl (C=O) groups excluding carboxylic acids is 1. The lowest BCUT2D eigenvalue weighted by Gasteiger charge is -2.28. The molecule has 1 atom stereocenters. The first-order chi connectivity index (χ1) is 12.2. The van der Waals surface area contributed by atoms with Crippen LogP contribution < -0.4 is 10.1 Å². The predicted molar refractivity (Wildman–Crippen MR) is 90.8 cm³/mol. The maximum absolute atomic E-state index is 12.2. The average molecular weight is 345 g/mol. The van der Waals surface area contributed by atoms with Gasteiger partial charge in [-0.05, 0) is 39.4 Å². The van der Waals surface area contributed by atoms with E-state index in [2.05, 4.69) is 25.3 Å². The Bertz CT molecular complexity index is 701. The molecule has 0 aromatic carbocycles. The number of piperidine rings is 1. The number of rotatable bonds is 6. The predicted octanol–water partition coefficient (Wildman–Crippen LogP) is 1.49. The van der Waals surface area contributed by atoms with E-state index in [-0.39, 0.29) is 18.4 Å². The van der Waals surface area contributed by atoms with Gasteiger partial charge in [0.1, 0.15) is 0 Å². The van der Waals surface area contributed by atoms with E-state index >= 15 is 0 Å². The molecule has 1 aliphatic heterocycles. The zero-order chi connectivity index (χ0) is 17.6. The Labute approximate surface area is 146 Å². The van der Waals surface area contributed by atoms with Crippen molar-refractivity contribution >= 4 is 5.91 Å². The summed E-state index contributed by atoms with van der Waals surface area (Å²) in [7, 11) is 2.04. The van der Waals surface area contributed by atoms with Gasteiger partial charge in [0.25, 0.3) is 0 Å². The van der Waals surface area contributed by atoms with Crippen LogP contribution >= 0.6 is 0 Å². The normalized spacial score (nSPS) is 18.1. The molecule has 3 rings (SSSR count). The van der Waals surface area contributed by atoms with Crippen LogP contribution in [0.3, 0.4) is 0 Å². The summed E-state index contributed by atoms with van der Waals surface area (Å²) in [5, 5.41) is 6.82. The van der Waals surface area contributed by atoms with Gasteiger partial charge in [-0.3, -0.25) is 4.79 Å². The highest BCUT2D eigenvalue weighted by molar-refractivity contribution is 5.78. The summed E-state index contributed by atoms with van der Waals surface area (Å²) >= 11 is 0. The molecule has 1 amide bonds. The van der Waals surface area contributed by atoms with Crippen molar-refractivity contribution in [3.63, 3.8) is 0 Å². The Hall–Kier alpha value is -2.48. The number of nitrogens with zero attached hydrogens (tertiary/aromatic N) is 4. The van der Waals surface area contributed by atoms with Gasteiger partial charge in [-0.1, -0.05) is 5.16 Å². The van der Waals surface area contributed by atoms with Gasteiger partial charge < -0.3 is 19.5 Å². The minimum absolute atomic E-state index is 0.0245. The molecule has 0 saturated carbocycles. The fraction of sp³-hybridized carbons (Fsp3) is 0.529. The molecule has 2 aromatic rings. The number of nitrogens with one attached hydrogen (secondary N) is 1. The standard InChI is InChI=1S/C17H23N5O3/c1-3-24-14-7-6-12(9-18-14)16-20-15(25-21-16)10-19-17(23)13-5-4-8-22(2)11-13/h6-7,9,13H,3-5,8,10-11H2,1-2H3,(H,19,23)/t13-/m1/s1. The van der Waals surface area contributed by atoms with Crippen LogP contribution in [-0.4, -0.2) is 52.7 Å². The fourth-order valence-electron chi connectivity index (χ4n) is 2.88. The minimum atomic E-state index is 0.0245. The van der Waals surface area contributed by atoms with Gasteiger partial charge >= 0.3 is 0 Å². The van der Waals surface area contributed by atoms with E-state index in [1.807, 2.05) is 20.0 Å². The molecule has 0 bridgehead atoms. The summed E-state index contributed by atoms with van der Waals surface area (Å²) < 4.78 is 10.5. The lowest BCUT2D eigenvalue weighted by Crippen LogP contribution is -2.41. The van der Waals surface area contributed by atoms with Crippen LogP contribution in [-0.2, 0) is 11.3 Å². The van der Waals surface area contributed by atoms with Gasteiger partial charge in [0.2, 0.25) is 23.5 Å². The molecular weight excluding hydrogens is 322 g/mol. The smallest absolute Gasteiger partial charge is 0.246 e. The third-order valence-electron chi connectivity index (χ3n) is 4.16. The van der Waals surface area contributed by atoms with E-state index in [4.69, 9.17) is 9.26 Å². The maximum atomic E-state index is 12.2. The van der Waals surface area contributed by atoms with Crippen LogP contribution in [0, 0.1) is 5.92 Å². The van der Waals surface area contributed by atoms with Crippen LogP contribution in [0.1, 0.15) is 25.7 Å². The molecule has 8 heteroatoms. The Balaban J connectivity index is 1.55. The number of pyridine rings is 1. The number of aromatic nitrogens is 3. The van der Waals surface area contributed by atoms with E-state index in [0.717, 1.165) is 31.5 Å². The topological polar surface area (TPSA) is 93.4 Å². The van der Waals surface area contributed by atoms with Gasteiger partial charge in [-0.15, -0.1) is 0 Å². The minimum Gasteiger partial charge on any atom is -0.478 e. The molecule has 1 N–H and O–H groups in total. The van der Waals surface area contributed by atoms with Crippen molar-refractivity contribution < 1.29 is 14.1 Å². The van der Waals surface area contributed by atoms with Crippen LogP contribution in [0.5, 0.6) is 5.88 Å². The summed E-state index contributed by atoms with van der Waals surface area (Å²) in [6.45, 7) is 4.54. The fourth-order valence-corrected chi connectivity index (χ4v) is 2.88. The second-order valence-electron chi connectivity index (χ2n) is 6.15. The van der Waals surface area contributed by atoms with Crippen molar-refractivity contribution in [1.82, 2.24) is 25.3 Å². The van der Waals surface area contributed by atoms with Crippen LogP contribution in [0.4, 0.5) is 0 Å². The number of amides is 1. The molecule has 8 nitrogen and oxygen atoms in total. The molecule has 0 radical (unpaired) electrons. The third kappa shape index (κ3) is 4.54.